The Balaban J connectivity index is 2.05. The molecule has 0 aliphatic heterocycles. The van der Waals surface area contributed by atoms with Crippen LogP contribution in [0.1, 0.15) is 49.8 Å². The normalized spacial score (nSPS) is 17.6. The van der Waals surface area contributed by atoms with Gasteiger partial charge in [0.15, 0.2) is 0 Å². The molecule has 1 aromatic carbocycles. The summed E-state index contributed by atoms with van der Waals surface area (Å²) in [5.74, 6) is 3.54. The number of hydrogen-bond donors (Lipinski definition) is 1. The van der Waals surface area contributed by atoms with Gasteiger partial charge in [-0.25, -0.2) is 0 Å². The Morgan fingerprint density at radius 2 is 2.37 bits per heavy atom. The zero-order valence-electron chi connectivity index (χ0n) is 11.7. The van der Waals surface area contributed by atoms with Crippen LogP contribution in [0.15, 0.2) is 18.2 Å². The van der Waals surface area contributed by atoms with Crippen LogP contribution in [0.4, 0.5) is 0 Å². The van der Waals surface area contributed by atoms with Gasteiger partial charge in [-0.05, 0) is 55.5 Å². The van der Waals surface area contributed by atoms with E-state index >= 15 is 0 Å². The predicted molar refractivity (Wildman–Crippen MR) is 79.4 cm³/mol. The average molecular weight is 257 g/mol. The second kappa shape index (κ2) is 7.21. The molecule has 2 rings (SSSR count). The van der Waals surface area contributed by atoms with Crippen molar-refractivity contribution in [2.24, 2.45) is 0 Å². The fraction of sp³-hybridized carbons (Fsp3) is 0.529. The van der Waals surface area contributed by atoms with Crippen LogP contribution in [0.25, 0.3) is 0 Å². The highest BCUT2D eigenvalue weighted by Crippen LogP contribution is 2.32. The van der Waals surface area contributed by atoms with Gasteiger partial charge in [0.1, 0.15) is 5.75 Å². The molecule has 0 bridgehead atoms. The van der Waals surface area contributed by atoms with Gasteiger partial charge in [-0.1, -0.05) is 13.0 Å². The third-order valence-electron chi connectivity index (χ3n) is 3.58. The Kier molecular flexibility index (Phi) is 5.30. The van der Waals surface area contributed by atoms with Gasteiger partial charge in [-0.15, -0.1) is 12.3 Å². The van der Waals surface area contributed by atoms with Crippen LogP contribution >= 0.6 is 0 Å². The van der Waals surface area contributed by atoms with Crippen LogP contribution in [0, 0.1) is 12.3 Å². The number of fused-ring (bicyclic) bond motifs is 1. The van der Waals surface area contributed by atoms with Crippen LogP contribution in [-0.4, -0.2) is 13.2 Å². The maximum absolute atomic E-state index is 5.67. The van der Waals surface area contributed by atoms with E-state index in [-0.39, 0.29) is 0 Å². The second-order valence-electron chi connectivity index (χ2n) is 5.06. The first-order valence-corrected chi connectivity index (χ1v) is 7.27. The first-order valence-electron chi connectivity index (χ1n) is 7.27. The molecule has 19 heavy (non-hydrogen) atoms. The SMILES string of the molecule is C#CCCOc1ccc2c(c1)CCCC2NCCC. The molecule has 1 atom stereocenters. The molecule has 2 heteroatoms. The van der Waals surface area contributed by atoms with Crippen molar-refractivity contribution < 1.29 is 4.74 Å². The molecule has 2 nitrogen and oxygen atoms in total. The van der Waals surface area contributed by atoms with E-state index in [1.807, 2.05) is 0 Å². The van der Waals surface area contributed by atoms with Gasteiger partial charge in [-0.2, -0.15) is 0 Å². The summed E-state index contributed by atoms with van der Waals surface area (Å²) in [6.45, 7) is 3.90. The molecule has 0 fully saturated rings. The molecule has 1 N–H and O–H groups in total. The topological polar surface area (TPSA) is 21.3 Å². The average Bonchev–Trinajstić information content (AvgIpc) is 2.45. The number of ether oxygens (including phenoxy) is 1. The van der Waals surface area contributed by atoms with Crippen LogP contribution < -0.4 is 10.1 Å². The molecule has 0 amide bonds. The second-order valence-corrected chi connectivity index (χ2v) is 5.06. The highest BCUT2D eigenvalue weighted by atomic mass is 16.5. The summed E-state index contributed by atoms with van der Waals surface area (Å²) >= 11 is 0. The lowest BCUT2D eigenvalue weighted by Crippen LogP contribution is -2.25. The number of terminal acetylenes is 1. The molecule has 1 aromatic rings. The molecule has 0 saturated carbocycles. The molecule has 0 heterocycles. The molecular weight excluding hydrogens is 234 g/mol. The summed E-state index contributed by atoms with van der Waals surface area (Å²) in [4.78, 5) is 0. The fourth-order valence-corrected chi connectivity index (χ4v) is 2.64. The van der Waals surface area contributed by atoms with Crippen molar-refractivity contribution in [2.45, 2.75) is 45.1 Å². The zero-order valence-corrected chi connectivity index (χ0v) is 11.7. The van der Waals surface area contributed by atoms with Crippen LogP contribution in [-0.2, 0) is 6.42 Å². The third kappa shape index (κ3) is 3.75. The summed E-state index contributed by atoms with van der Waals surface area (Å²) in [7, 11) is 0. The van der Waals surface area contributed by atoms with E-state index in [2.05, 4.69) is 36.4 Å². The largest absolute Gasteiger partial charge is 0.493 e. The Morgan fingerprint density at radius 1 is 1.47 bits per heavy atom. The van der Waals surface area contributed by atoms with Gasteiger partial charge in [0, 0.05) is 12.5 Å². The Labute approximate surface area is 116 Å². The van der Waals surface area contributed by atoms with Crippen molar-refractivity contribution in [3.63, 3.8) is 0 Å². The summed E-state index contributed by atoms with van der Waals surface area (Å²) in [6.07, 6.45) is 10.7. The van der Waals surface area contributed by atoms with Crippen molar-refractivity contribution in [1.82, 2.24) is 5.32 Å². The smallest absolute Gasteiger partial charge is 0.119 e. The standard InChI is InChI=1S/C17H23NO/c1-3-5-12-19-15-9-10-16-14(13-15)7-6-8-17(16)18-11-4-2/h1,9-10,13,17-18H,4-8,11-12H2,2H3. The van der Waals surface area contributed by atoms with Crippen molar-refractivity contribution >= 4 is 0 Å². The minimum atomic E-state index is 0.517. The van der Waals surface area contributed by atoms with Crippen molar-refractivity contribution in [3.8, 4) is 18.1 Å². The summed E-state index contributed by atoms with van der Waals surface area (Å²) < 4.78 is 5.67. The summed E-state index contributed by atoms with van der Waals surface area (Å²) in [5.41, 5.74) is 2.88. The Hall–Kier alpha value is -1.46. The molecule has 1 unspecified atom stereocenters. The van der Waals surface area contributed by atoms with Gasteiger partial charge < -0.3 is 10.1 Å². The van der Waals surface area contributed by atoms with Gasteiger partial charge >= 0.3 is 0 Å². The van der Waals surface area contributed by atoms with Gasteiger partial charge in [0.25, 0.3) is 0 Å². The van der Waals surface area contributed by atoms with E-state index in [0.29, 0.717) is 19.1 Å². The molecule has 0 spiro atoms. The third-order valence-corrected chi connectivity index (χ3v) is 3.58. The lowest BCUT2D eigenvalue weighted by molar-refractivity contribution is 0.326. The minimum Gasteiger partial charge on any atom is -0.493 e. The van der Waals surface area contributed by atoms with Crippen LogP contribution in [0.3, 0.4) is 0 Å². The molecule has 102 valence electrons. The van der Waals surface area contributed by atoms with E-state index in [1.165, 1.54) is 30.4 Å². The molecule has 1 aliphatic carbocycles. The van der Waals surface area contributed by atoms with E-state index in [9.17, 15) is 0 Å². The van der Waals surface area contributed by atoms with Crippen molar-refractivity contribution in [3.05, 3.63) is 29.3 Å². The molecule has 0 aromatic heterocycles. The van der Waals surface area contributed by atoms with Crippen LogP contribution in [0.5, 0.6) is 5.75 Å². The molecule has 0 saturated heterocycles. The summed E-state index contributed by atoms with van der Waals surface area (Å²) in [6, 6.07) is 6.99. The highest BCUT2D eigenvalue weighted by Gasteiger charge is 2.19. The maximum atomic E-state index is 5.67. The van der Waals surface area contributed by atoms with Gasteiger partial charge in [-0.3, -0.25) is 0 Å². The maximum Gasteiger partial charge on any atom is 0.119 e. The molecular formula is C17H23NO. The van der Waals surface area contributed by atoms with E-state index in [0.717, 1.165) is 18.7 Å². The van der Waals surface area contributed by atoms with E-state index in [1.54, 1.807) is 0 Å². The van der Waals surface area contributed by atoms with E-state index in [4.69, 9.17) is 11.2 Å². The van der Waals surface area contributed by atoms with Crippen molar-refractivity contribution in [1.29, 1.82) is 0 Å². The minimum absolute atomic E-state index is 0.517. The Bertz CT molecular complexity index is 447. The monoisotopic (exact) mass is 257 g/mol. The van der Waals surface area contributed by atoms with Crippen molar-refractivity contribution in [2.75, 3.05) is 13.2 Å². The highest BCUT2D eigenvalue weighted by molar-refractivity contribution is 5.39. The first-order chi connectivity index (χ1) is 9.35. The predicted octanol–water partition coefficient (Wildman–Crippen LogP) is 3.47. The lowest BCUT2D eigenvalue weighted by atomic mass is 9.87. The zero-order chi connectivity index (χ0) is 13.5. The fourth-order valence-electron chi connectivity index (χ4n) is 2.64. The molecule has 1 aliphatic rings. The number of aryl methyl sites for hydroxylation is 1. The van der Waals surface area contributed by atoms with Gasteiger partial charge in [0.05, 0.1) is 6.61 Å². The lowest BCUT2D eigenvalue weighted by Gasteiger charge is -2.27. The van der Waals surface area contributed by atoms with Gasteiger partial charge in [0.2, 0.25) is 0 Å². The number of nitrogens with one attached hydrogen (secondary N) is 1. The van der Waals surface area contributed by atoms with E-state index < -0.39 is 0 Å². The number of rotatable bonds is 6. The van der Waals surface area contributed by atoms with Crippen LogP contribution in [0.2, 0.25) is 0 Å². The quantitative estimate of drug-likeness (QED) is 0.622. The summed E-state index contributed by atoms with van der Waals surface area (Å²) in [5, 5.41) is 3.63. The number of hydrogen-bond acceptors (Lipinski definition) is 2. The molecule has 0 radical (unpaired) electrons. The number of benzene rings is 1. The first kappa shape index (κ1) is 14.0. The Morgan fingerprint density at radius 3 is 3.16 bits per heavy atom.